The van der Waals surface area contributed by atoms with Crippen molar-refractivity contribution in [1.82, 2.24) is 5.16 Å². The van der Waals surface area contributed by atoms with Gasteiger partial charge in [-0.1, -0.05) is 23.4 Å². The molecule has 0 amide bonds. The van der Waals surface area contributed by atoms with Gasteiger partial charge in [0.2, 0.25) is 5.88 Å². The Bertz CT molecular complexity index is 609. The number of carbonyl (C=O) groups excluding carboxylic acids is 1. The van der Waals surface area contributed by atoms with E-state index in [9.17, 15) is 4.79 Å². The summed E-state index contributed by atoms with van der Waals surface area (Å²) in [7, 11) is 0. The van der Waals surface area contributed by atoms with Crippen molar-refractivity contribution >= 4 is 11.9 Å². The van der Waals surface area contributed by atoms with Gasteiger partial charge in [0.1, 0.15) is 24.5 Å². The van der Waals surface area contributed by atoms with E-state index in [4.69, 9.17) is 19.7 Å². The lowest BCUT2D eigenvalue weighted by Gasteiger charge is -2.11. The minimum Gasteiger partial charge on any atom is -0.489 e. The molecule has 0 aliphatic rings. The fourth-order valence-electron chi connectivity index (χ4n) is 2.01. The molecule has 0 radical (unpaired) electrons. The molecule has 2 rings (SSSR count). The van der Waals surface area contributed by atoms with Crippen LogP contribution in [0.3, 0.4) is 0 Å². The number of rotatable bonds is 5. The highest BCUT2D eigenvalue weighted by molar-refractivity contribution is 5.94. The smallest absolute Gasteiger partial charge is 0.345 e. The van der Waals surface area contributed by atoms with E-state index in [0.29, 0.717) is 5.69 Å². The molecule has 1 aromatic carbocycles. The molecule has 2 aromatic rings. The number of aryl methyl sites for hydroxylation is 3. The Labute approximate surface area is 122 Å². The van der Waals surface area contributed by atoms with Gasteiger partial charge in [-0.05, 0) is 31.9 Å². The van der Waals surface area contributed by atoms with Crippen LogP contribution >= 0.6 is 0 Å². The average molecular weight is 290 g/mol. The second-order valence-electron chi connectivity index (χ2n) is 4.71. The van der Waals surface area contributed by atoms with E-state index in [1.54, 1.807) is 6.92 Å². The van der Waals surface area contributed by atoms with Crippen molar-refractivity contribution in [1.29, 1.82) is 0 Å². The van der Waals surface area contributed by atoms with Crippen molar-refractivity contribution < 1.29 is 18.8 Å². The summed E-state index contributed by atoms with van der Waals surface area (Å²) in [6.07, 6.45) is 0. The van der Waals surface area contributed by atoms with E-state index < -0.39 is 5.97 Å². The standard InChI is InChI=1S/C15H18N2O4/c1-9-5-4-6-10(2)13(9)19-7-8-20-15(18)12-11(3)17-21-14(12)16/h4-6H,7-8,16H2,1-3H3. The molecule has 0 saturated carbocycles. The lowest BCUT2D eigenvalue weighted by Crippen LogP contribution is -2.14. The molecule has 0 fully saturated rings. The zero-order valence-corrected chi connectivity index (χ0v) is 12.3. The maximum atomic E-state index is 11.8. The Morgan fingerprint density at radius 3 is 2.48 bits per heavy atom. The first kappa shape index (κ1) is 14.9. The molecule has 6 nitrogen and oxygen atoms in total. The van der Waals surface area contributed by atoms with Crippen molar-refractivity contribution in [2.24, 2.45) is 0 Å². The van der Waals surface area contributed by atoms with Gasteiger partial charge in [0, 0.05) is 0 Å². The molecule has 0 aliphatic carbocycles. The van der Waals surface area contributed by atoms with Crippen LogP contribution in [0.4, 0.5) is 5.88 Å². The van der Waals surface area contributed by atoms with Crippen LogP contribution in [0.15, 0.2) is 22.7 Å². The maximum absolute atomic E-state index is 11.8. The van der Waals surface area contributed by atoms with Gasteiger partial charge in [0.15, 0.2) is 0 Å². The average Bonchev–Trinajstić information content (AvgIpc) is 2.76. The number of nitrogen functional groups attached to an aromatic ring is 1. The summed E-state index contributed by atoms with van der Waals surface area (Å²) in [5.74, 6) is 0.221. The molecule has 112 valence electrons. The van der Waals surface area contributed by atoms with Gasteiger partial charge in [-0.15, -0.1) is 0 Å². The number of esters is 1. The molecule has 0 bridgehead atoms. The van der Waals surface area contributed by atoms with E-state index >= 15 is 0 Å². The predicted octanol–water partition coefficient (Wildman–Crippen LogP) is 2.42. The van der Waals surface area contributed by atoms with Crippen LogP contribution in [0.25, 0.3) is 0 Å². The summed E-state index contributed by atoms with van der Waals surface area (Å²) in [5.41, 5.74) is 8.18. The van der Waals surface area contributed by atoms with E-state index in [1.165, 1.54) is 0 Å². The molecule has 0 unspecified atom stereocenters. The Hall–Kier alpha value is -2.50. The molecule has 0 aliphatic heterocycles. The molecular formula is C15H18N2O4. The third kappa shape index (κ3) is 3.34. The highest BCUT2D eigenvalue weighted by Crippen LogP contribution is 2.22. The first-order valence-electron chi connectivity index (χ1n) is 6.58. The van der Waals surface area contributed by atoms with Crippen LogP contribution in [0.2, 0.25) is 0 Å². The van der Waals surface area contributed by atoms with Gasteiger partial charge in [0.05, 0.1) is 5.69 Å². The molecule has 1 aromatic heterocycles. The molecule has 0 atom stereocenters. The number of para-hydroxylation sites is 1. The van der Waals surface area contributed by atoms with E-state index in [0.717, 1.165) is 16.9 Å². The fourth-order valence-corrected chi connectivity index (χ4v) is 2.01. The van der Waals surface area contributed by atoms with Gasteiger partial charge < -0.3 is 19.7 Å². The monoisotopic (exact) mass is 290 g/mol. The number of hydrogen-bond acceptors (Lipinski definition) is 6. The van der Waals surface area contributed by atoms with Gasteiger partial charge in [0.25, 0.3) is 0 Å². The van der Waals surface area contributed by atoms with Crippen LogP contribution < -0.4 is 10.5 Å². The Kier molecular flexibility index (Phi) is 4.47. The Morgan fingerprint density at radius 2 is 1.90 bits per heavy atom. The van der Waals surface area contributed by atoms with Gasteiger partial charge in [-0.2, -0.15) is 0 Å². The van der Waals surface area contributed by atoms with Crippen molar-refractivity contribution in [2.45, 2.75) is 20.8 Å². The first-order chi connectivity index (χ1) is 10.0. The highest BCUT2D eigenvalue weighted by Gasteiger charge is 2.19. The summed E-state index contributed by atoms with van der Waals surface area (Å²) in [5, 5.41) is 3.60. The third-order valence-electron chi connectivity index (χ3n) is 3.06. The number of anilines is 1. The summed E-state index contributed by atoms with van der Waals surface area (Å²) in [6, 6.07) is 5.90. The zero-order chi connectivity index (χ0) is 15.4. The SMILES string of the molecule is Cc1cccc(C)c1OCCOC(=O)c1c(C)noc1N. The summed E-state index contributed by atoms with van der Waals surface area (Å²) in [6.45, 7) is 5.95. The third-order valence-corrected chi connectivity index (χ3v) is 3.06. The molecule has 0 saturated heterocycles. The quantitative estimate of drug-likeness (QED) is 0.672. The number of hydrogen-bond donors (Lipinski definition) is 1. The molecule has 6 heteroatoms. The fraction of sp³-hybridized carbons (Fsp3) is 0.333. The van der Waals surface area contributed by atoms with Crippen molar-refractivity contribution in [2.75, 3.05) is 18.9 Å². The number of ether oxygens (including phenoxy) is 2. The minimum atomic E-state index is -0.559. The number of aromatic nitrogens is 1. The first-order valence-corrected chi connectivity index (χ1v) is 6.58. The molecular weight excluding hydrogens is 272 g/mol. The number of carbonyl (C=O) groups is 1. The summed E-state index contributed by atoms with van der Waals surface area (Å²) < 4.78 is 15.5. The van der Waals surface area contributed by atoms with Crippen LogP contribution in [0.1, 0.15) is 27.2 Å². The minimum absolute atomic E-state index is 0.0341. The molecule has 2 N–H and O–H groups in total. The maximum Gasteiger partial charge on any atom is 0.345 e. The predicted molar refractivity (Wildman–Crippen MR) is 77.3 cm³/mol. The van der Waals surface area contributed by atoms with Gasteiger partial charge >= 0.3 is 5.97 Å². The molecule has 1 heterocycles. The normalized spacial score (nSPS) is 10.4. The van der Waals surface area contributed by atoms with Crippen LogP contribution in [0, 0.1) is 20.8 Å². The summed E-state index contributed by atoms with van der Waals surface area (Å²) >= 11 is 0. The molecule has 0 spiro atoms. The van der Waals surface area contributed by atoms with E-state index in [1.807, 2.05) is 32.0 Å². The van der Waals surface area contributed by atoms with Crippen molar-refractivity contribution in [3.8, 4) is 5.75 Å². The second-order valence-corrected chi connectivity index (χ2v) is 4.71. The lowest BCUT2D eigenvalue weighted by molar-refractivity contribution is 0.0450. The van der Waals surface area contributed by atoms with Gasteiger partial charge in [-0.25, -0.2) is 4.79 Å². The van der Waals surface area contributed by atoms with Crippen LogP contribution in [-0.4, -0.2) is 24.3 Å². The topological polar surface area (TPSA) is 87.6 Å². The number of benzene rings is 1. The van der Waals surface area contributed by atoms with E-state index in [-0.39, 0.29) is 24.7 Å². The Morgan fingerprint density at radius 1 is 1.24 bits per heavy atom. The van der Waals surface area contributed by atoms with E-state index in [2.05, 4.69) is 5.16 Å². The molecule has 21 heavy (non-hydrogen) atoms. The zero-order valence-electron chi connectivity index (χ0n) is 12.3. The Balaban J connectivity index is 1.87. The van der Waals surface area contributed by atoms with Crippen molar-refractivity contribution in [3.05, 3.63) is 40.6 Å². The lowest BCUT2D eigenvalue weighted by atomic mass is 10.1. The highest BCUT2D eigenvalue weighted by atomic mass is 16.6. The van der Waals surface area contributed by atoms with Crippen molar-refractivity contribution in [3.63, 3.8) is 0 Å². The van der Waals surface area contributed by atoms with Crippen LogP contribution in [-0.2, 0) is 4.74 Å². The summed E-state index contributed by atoms with van der Waals surface area (Å²) in [4.78, 5) is 11.8. The second kappa shape index (κ2) is 6.30. The number of nitrogens with two attached hydrogens (primary N) is 1. The largest absolute Gasteiger partial charge is 0.489 e. The van der Waals surface area contributed by atoms with Gasteiger partial charge in [-0.3, -0.25) is 0 Å². The van der Waals surface area contributed by atoms with Crippen LogP contribution in [0.5, 0.6) is 5.75 Å². The number of nitrogens with zero attached hydrogens (tertiary/aromatic N) is 1.